The molecule has 28 heavy (non-hydrogen) atoms. The summed E-state index contributed by atoms with van der Waals surface area (Å²) in [4.78, 5) is 25.1. The fourth-order valence-electron chi connectivity index (χ4n) is 4.63. The van der Waals surface area contributed by atoms with Crippen molar-refractivity contribution in [3.63, 3.8) is 0 Å². The highest BCUT2D eigenvalue weighted by Crippen LogP contribution is 2.42. The molecule has 2 saturated carbocycles. The van der Waals surface area contributed by atoms with E-state index in [2.05, 4.69) is 5.32 Å². The highest BCUT2D eigenvalue weighted by atomic mass is 19.4. The first-order valence-corrected chi connectivity index (χ1v) is 9.57. The number of hydrogen-bond acceptors (Lipinski definition) is 3. The quantitative estimate of drug-likeness (QED) is 0.728. The van der Waals surface area contributed by atoms with Crippen LogP contribution in [-0.2, 0) is 21.3 Å². The number of primary amides is 1. The number of hydrogen-bond donors (Lipinski definition) is 3. The molecule has 3 unspecified atom stereocenters. The van der Waals surface area contributed by atoms with Crippen LogP contribution in [0.15, 0.2) is 24.3 Å². The van der Waals surface area contributed by atoms with E-state index in [-0.39, 0.29) is 35.3 Å². The molecule has 5 nitrogen and oxygen atoms in total. The van der Waals surface area contributed by atoms with Crippen molar-refractivity contribution < 1.29 is 22.8 Å². The minimum absolute atomic E-state index is 0.0101. The molecule has 3 atom stereocenters. The second kappa shape index (κ2) is 7.39. The fourth-order valence-corrected chi connectivity index (χ4v) is 4.63. The molecule has 0 saturated heterocycles. The summed E-state index contributed by atoms with van der Waals surface area (Å²) in [6.07, 6.45) is -0.262. The summed E-state index contributed by atoms with van der Waals surface area (Å²) in [6.45, 7) is 1.35. The summed E-state index contributed by atoms with van der Waals surface area (Å²) in [6, 6.07) is 4.43. The maximum Gasteiger partial charge on any atom is 0.416 e. The zero-order valence-electron chi connectivity index (χ0n) is 15.8. The normalized spacial score (nSPS) is 29.6. The van der Waals surface area contributed by atoms with Gasteiger partial charge in [-0.1, -0.05) is 18.6 Å². The summed E-state index contributed by atoms with van der Waals surface area (Å²) in [5.74, 6) is -1.07. The number of nitrogens with one attached hydrogen (secondary N) is 1. The van der Waals surface area contributed by atoms with Crippen molar-refractivity contribution >= 4 is 11.8 Å². The highest BCUT2D eigenvalue weighted by Gasteiger charge is 2.44. The summed E-state index contributed by atoms with van der Waals surface area (Å²) in [5, 5.41) is 2.64. The van der Waals surface area contributed by atoms with Crippen LogP contribution in [0.5, 0.6) is 0 Å². The molecule has 0 aliphatic heterocycles. The summed E-state index contributed by atoms with van der Waals surface area (Å²) >= 11 is 0. The van der Waals surface area contributed by atoms with Crippen LogP contribution in [0.3, 0.4) is 0 Å². The molecule has 8 heteroatoms. The summed E-state index contributed by atoms with van der Waals surface area (Å²) in [5.41, 5.74) is 9.14. The third-order valence-corrected chi connectivity index (χ3v) is 6.42. The largest absolute Gasteiger partial charge is 0.416 e. The zero-order valence-corrected chi connectivity index (χ0v) is 15.8. The molecule has 0 aromatic heterocycles. The van der Waals surface area contributed by atoms with Gasteiger partial charge in [-0.05, 0) is 62.1 Å². The van der Waals surface area contributed by atoms with E-state index in [1.165, 1.54) is 19.1 Å². The van der Waals surface area contributed by atoms with E-state index in [0.29, 0.717) is 12.8 Å². The Kier molecular flexibility index (Phi) is 5.44. The average molecular weight is 397 g/mol. The van der Waals surface area contributed by atoms with Gasteiger partial charge in [-0.3, -0.25) is 9.59 Å². The van der Waals surface area contributed by atoms with Gasteiger partial charge in [0.2, 0.25) is 11.8 Å². The molecule has 2 aliphatic rings. The van der Waals surface area contributed by atoms with Crippen LogP contribution >= 0.6 is 0 Å². The van der Waals surface area contributed by atoms with Gasteiger partial charge < -0.3 is 16.8 Å². The van der Waals surface area contributed by atoms with E-state index in [4.69, 9.17) is 11.5 Å². The summed E-state index contributed by atoms with van der Waals surface area (Å²) < 4.78 is 39.2. The molecule has 2 fully saturated rings. The minimum Gasteiger partial charge on any atom is -0.367 e. The number of alkyl halides is 3. The molecule has 154 valence electrons. The topological polar surface area (TPSA) is 98.2 Å². The second-order valence-electron chi connectivity index (χ2n) is 8.25. The lowest BCUT2D eigenvalue weighted by Gasteiger charge is -2.44. The Bertz CT molecular complexity index is 753. The Labute approximate surface area is 162 Å². The Morgan fingerprint density at radius 3 is 2.21 bits per heavy atom. The minimum atomic E-state index is -4.56. The predicted molar refractivity (Wildman–Crippen MR) is 97.7 cm³/mol. The molecule has 3 rings (SSSR count). The fraction of sp³-hybridized carbons (Fsp3) is 0.600. The molecule has 2 bridgehead atoms. The number of benzene rings is 1. The smallest absolute Gasteiger partial charge is 0.367 e. The molecule has 2 amide bonds. The Balaban J connectivity index is 1.83. The van der Waals surface area contributed by atoms with Crippen LogP contribution in [0.1, 0.15) is 50.2 Å². The number of fused-ring (bicyclic) bond motifs is 2. The molecule has 1 aromatic carbocycles. The van der Waals surface area contributed by atoms with E-state index in [0.717, 1.165) is 31.4 Å². The number of amides is 2. The van der Waals surface area contributed by atoms with Gasteiger partial charge in [-0.2, -0.15) is 13.2 Å². The van der Waals surface area contributed by atoms with Gasteiger partial charge in [0.05, 0.1) is 5.56 Å². The van der Waals surface area contributed by atoms with Crippen LogP contribution in [0.4, 0.5) is 13.2 Å². The van der Waals surface area contributed by atoms with E-state index in [1.54, 1.807) is 0 Å². The molecular weight excluding hydrogens is 371 g/mol. The van der Waals surface area contributed by atoms with Gasteiger partial charge in [-0.25, -0.2) is 0 Å². The Hall–Kier alpha value is -2.09. The lowest BCUT2D eigenvalue weighted by Crippen LogP contribution is -2.56. The van der Waals surface area contributed by atoms with Crippen LogP contribution < -0.4 is 16.8 Å². The van der Waals surface area contributed by atoms with E-state index >= 15 is 0 Å². The average Bonchev–Trinajstić information content (AvgIpc) is 2.60. The van der Waals surface area contributed by atoms with Crippen LogP contribution in [-0.4, -0.2) is 17.9 Å². The molecule has 0 heterocycles. The van der Waals surface area contributed by atoms with Crippen molar-refractivity contribution in [2.45, 2.75) is 56.8 Å². The Morgan fingerprint density at radius 2 is 1.68 bits per heavy atom. The molecule has 0 spiro atoms. The maximum atomic E-state index is 13.1. The van der Waals surface area contributed by atoms with Gasteiger partial charge >= 0.3 is 6.18 Å². The van der Waals surface area contributed by atoms with Gasteiger partial charge in [0.1, 0.15) is 5.54 Å². The van der Waals surface area contributed by atoms with Gasteiger partial charge in [0.25, 0.3) is 0 Å². The van der Waals surface area contributed by atoms with Crippen LogP contribution in [0, 0.1) is 17.8 Å². The standard InChI is InChI=1S/C20H26F3N3O2/c1-19(18(25)28,14-6-3-7-15(10-14)20(21,22)23)26-17(27)13-8-11-4-2-5-12(9-13)16(11)24/h3,6-7,10-13,16H,2,4-5,8-9,24H2,1H3,(H2,25,28)(H,26,27). The van der Waals surface area contributed by atoms with Crippen molar-refractivity contribution in [3.05, 3.63) is 35.4 Å². The number of carbonyl (C=O) groups is 2. The van der Waals surface area contributed by atoms with Crippen molar-refractivity contribution in [1.29, 1.82) is 0 Å². The van der Waals surface area contributed by atoms with Crippen LogP contribution in [0.25, 0.3) is 0 Å². The number of rotatable bonds is 4. The van der Waals surface area contributed by atoms with E-state index in [9.17, 15) is 22.8 Å². The molecule has 2 aliphatic carbocycles. The molecule has 0 radical (unpaired) electrons. The second-order valence-corrected chi connectivity index (χ2v) is 8.25. The third kappa shape index (κ3) is 3.87. The van der Waals surface area contributed by atoms with Crippen molar-refractivity contribution in [2.24, 2.45) is 29.2 Å². The third-order valence-electron chi connectivity index (χ3n) is 6.42. The maximum absolute atomic E-state index is 13.1. The first kappa shape index (κ1) is 20.6. The highest BCUT2D eigenvalue weighted by molar-refractivity contribution is 5.92. The first-order chi connectivity index (χ1) is 13.0. The van der Waals surface area contributed by atoms with Crippen molar-refractivity contribution in [1.82, 2.24) is 5.32 Å². The SMILES string of the molecule is CC(NC(=O)C1CC2CCCC(C1)C2N)(C(N)=O)c1cccc(C(F)(F)F)c1. The van der Waals surface area contributed by atoms with Gasteiger partial charge in [0, 0.05) is 12.0 Å². The van der Waals surface area contributed by atoms with Crippen molar-refractivity contribution in [3.8, 4) is 0 Å². The summed E-state index contributed by atoms with van der Waals surface area (Å²) in [7, 11) is 0. The van der Waals surface area contributed by atoms with E-state index < -0.39 is 23.2 Å². The van der Waals surface area contributed by atoms with E-state index in [1.807, 2.05) is 0 Å². The van der Waals surface area contributed by atoms with Gasteiger partial charge in [-0.15, -0.1) is 0 Å². The van der Waals surface area contributed by atoms with Crippen molar-refractivity contribution in [2.75, 3.05) is 0 Å². The number of carbonyl (C=O) groups excluding carboxylic acids is 2. The number of halogens is 3. The zero-order chi connectivity index (χ0) is 20.7. The lowest BCUT2D eigenvalue weighted by atomic mass is 9.65. The van der Waals surface area contributed by atoms with Gasteiger partial charge in [0.15, 0.2) is 0 Å². The monoisotopic (exact) mass is 397 g/mol. The first-order valence-electron chi connectivity index (χ1n) is 9.57. The molecule has 1 aromatic rings. The van der Waals surface area contributed by atoms with Crippen LogP contribution in [0.2, 0.25) is 0 Å². The molecular formula is C20H26F3N3O2. The predicted octanol–water partition coefficient (Wildman–Crippen LogP) is 2.68. The molecule has 5 N–H and O–H groups in total. The Morgan fingerprint density at radius 1 is 1.11 bits per heavy atom. The number of nitrogens with two attached hydrogens (primary N) is 2. The lowest BCUT2D eigenvalue weighted by molar-refractivity contribution is -0.138.